The van der Waals surface area contributed by atoms with Gasteiger partial charge in [0.25, 0.3) is 0 Å². The van der Waals surface area contributed by atoms with E-state index >= 15 is 0 Å². The van der Waals surface area contributed by atoms with Gasteiger partial charge < -0.3 is 4.74 Å². The van der Waals surface area contributed by atoms with Crippen LogP contribution >= 0.6 is 0 Å². The van der Waals surface area contributed by atoms with Crippen molar-refractivity contribution in [1.29, 1.82) is 0 Å². The van der Waals surface area contributed by atoms with E-state index in [1.165, 1.54) is 18.2 Å². The molecule has 1 N–H and O–H groups in total. The van der Waals surface area contributed by atoms with Crippen molar-refractivity contribution >= 4 is 10.0 Å². The fourth-order valence-electron chi connectivity index (χ4n) is 2.45. The van der Waals surface area contributed by atoms with Crippen LogP contribution in [0, 0.1) is 5.82 Å². The summed E-state index contributed by atoms with van der Waals surface area (Å²) >= 11 is 0. The summed E-state index contributed by atoms with van der Waals surface area (Å²) in [7, 11) is -2.14. The van der Waals surface area contributed by atoms with Gasteiger partial charge in [0.05, 0.1) is 12.0 Å². The van der Waals surface area contributed by atoms with Crippen molar-refractivity contribution in [3.05, 3.63) is 59.4 Å². The summed E-state index contributed by atoms with van der Waals surface area (Å²) in [6, 6.07) is 10.1. The number of methoxy groups -OCH3 is 1. The normalized spacial score (nSPS) is 13.1. The Morgan fingerprint density at radius 2 is 1.67 bits per heavy atom. The molecule has 0 aliphatic rings. The maximum Gasteiger partial charge on any atom is 0.241 e. The van der Waals surface area contributed by atoms with Gasteiger partial charge in [0.1, 0.15) is 11.6 Å². The minimum absolute atomic E-state index is 0.129. The molecule has 6 heteroatoms. The van der Waals surface area contributed by atoms with Crippen molar-refractivity contribution < 1.29 is 17.5 Å². The summed E-state index contributed by atoms with van der Waals surface area (Å²) in [6.45, 7) is 5.67. The highest BCUT2D eigenvalue weighted by molar-refractivity contribution is 7.89. The number of hydrogen-bond acceptors (Lipinski definition) is 3. The molecule has 1 unspecified atom stereocenters. The van der Waals surface area contributed by atoms with Crippen LogP contribution in [0.2, 0.25) is 0 Å². The predicted octanol–water partition coefficient (Wildman–Crippen LogP) is 4.00. The Kier molecular flexibility index (Phi) is 5.62. The zero-order chi connectivity index (χ0) is 17.9. The molecule has 0 bridgehead atoms. The smallest absolute Gasteiger partial charge is 0.241 e. The monoisotopic (exact) mass is 351 g/mol. The van der Waals surface area contributed by atoms with E-state index in [1.807, 2.05) is 13.8 Å². The molecular formula is C18H22FNO3S. The molecule has 0 amide bonds. The molecule has 2 rings (SSSR count). The molecule has 0 spiro atoms. The Hall–Kier alpha value is -1.92. The van der Waals surface area contributed by atoms with Crippen LogP contribution in [0.15, 0.2) is 47.4 Å². The SMILES string of the molecule is COc1ccc(S(=O)(=O)NC(C)c2ccc(F)cc2)cc1C(C)C. The maximum absolute atomic E-state index is 13.0. The number of hydrogen-bond donors (Lipinski definition) is 1. The molecule has 0 saturated carbocycles. The van der Waals surface area contributed by atoms with Crippen LogP contribution in [-0.2, 0) is 10.0 Å². The second-order valence-electron chi connectivity index (χ2n) is 5.95. The molecule has 0 aliphatic heterocycles. The van der Waals surface area contributed by atoms with Gasteiger partial charge >= 0.3 is 0 Å². The molecule has 0 heterocycles. The highest BCUT2D eigenvalue weighted by atomic mass is 32.2. The lowest BCUT2D eigenvalue weighted by molar-refractivity contribution is 0.407. The van der Waals surface area contributed by atoms with Gasteiger partial charge in [-0.05, 0) is 54.3 Å². The molecule has 24 heavy (non-hydrogen) atoms. The Morgan fingerprint density at radius 1 is 1.04 bits per heavy atom. The van der Waals surface area contributed by atoms with Gasteiger partial charge in [-0.1, -0.05) is 26.0 Å². The molecule has 0 radical (unpaired) electrons. The average Bonchev–Trinajstić information content (AvgIpc) is 2.54. The quantitative estimate of drug-likeness (QED) is 0.856. The summed E-state index contributed by atoms with van der Waals surface area (Å²) < 4.78 is 46.2. The lowest BCUT2D eigenvalue weighted by atomic mass is 10.0. The number of ether oxygens (including phenoxy) is 1. The molecule has 0 fully saturated rings. The van der Waals surface area contributed by atoms with Crippen molar-refractivity contribution in [1.82, 2.24) is 4.72 Å². The van der Waals surface area contributed by atoms with E-state index < -0.39 is 16.1 Å². The van der Waals surface area contributed by atoms with Crippen LogP contribution in [0.3, 0.4) is 0 Å². The zero-order valence-electron chi connectivity index (χ0n) is 14.2. The molecule has 130 valence electrons. The van der Waals surface area contributed by atoms with E-state index in [9.17, 15) is 12.8 Å². The zero-order valence-corrected chi connectivity index (χ0v) is 15.0. The van der Waals surface area contributed by atoms with Crippen molar-refractivity contribution in [2.24, 2.45) is 0 Å². The first-order valence-corrected chi connectivity index (χ1v) is 9.18. The summed E-state index contributed by atoms with van der Waals surface area (Å²) in [5.41, 5.74) is 1.52. The summed E-state index contributed by atoms with van der Waals surface area (Å²) in [5.74, 6) is 0.436. The standard InChI is InChI=1S/C18H22FNO3S/c1-12(2)17-11-16(9-10-18(17)23-4)24(21,22)20-13(3)14-5-7-15(19)8-6-14/h5-13,20H,1-4H3. The van der Waals surface area contributed by atoms with Crippen molar-refractivity contribution in [2.75, 3.05) is 7.11 Å². The van der Waals surface area contributed by atoms with Gasteiger partial charge in [-0.15, -0.1) is 0 Å². The Labute approximate surface area is 142 Å². The first-order valence-electron chi connectivity index (χ1n) is 7.70. The molecule has 0 saturated heterocycles. The van der Waals surface area contributed by atoms with Crippen LogP contribution in [-0.4, -0.2) is 15.5 Å². The van der Waals surface area contributed by atoms with Crippen LogP contribution < -0.4 is 9.46 Å². The van der Waals surface area contributed by atoms with E-state index in [1.54, 1.807) is 38.3 Å². The van der Waals surface area contributed by atoms with Crippen molar-refractivity contribution in [3.63, 3.8) is 0 Å². The molecule has 0 aromatic heterocycles. The Balaban J connectivity index is 2.30. The van der Waals surface area contributed by atoms with Crippen LogP contribution in [0.4, 0.5) is 4.39 Å². The van der Waals surface area contributed by atoms with Crippen molar-refractivity contribution in [2.45, 2.75) is 37.6 Å². The van der Waals surface area contributed by atoms with Crippen LogP contribution in [0.5, 0.6) is 5.75 Å². The van der Waals surface area contributed by atoms with Gasteiger partial charge in [0.15, 0.2) is 0 Å². The maximum atomic E-state index is 13.0. The first-order chi connectivity index (χ1) is 11.2. The second-order valence-corrected chi connectivity index (χ2v) is 7.67. The molecule has 2 aromatic carbocycles. The number of benzene rings is 2. The molecular weight excluding hydrogens is 329 g/mol. The minimum atomic E-state index is -3.70. The van der Waals surface area contributed by atoms with Gasteiger partial charge in [0.2, 0.25) is 10.0 Å². The third-order valence-corrected chi connectivity index (χ3v) is 5.37. The Bertz CT molecular complexity index is 802. The molecule has 1 atom stereocenters. The van der Waals surface area contributed by atoms with Gasteiger partial charge in [-0.25, -0.2) is 17.5 Å². The predicted molar refractivity (Wildman–Crippen MR) is 92.2 cm³/mol. The number of rotatable bonds is 6. The lowest BCUT2D eigenvalue weighted by Gasteiger charge is -2.17. The van der Waals surface area contributed by atoms with Crippen molar-refractivity contribution in [3.8, 4) is 5.75 Å². The molecule has 2 aromatic rings. The van der Waals surface area contributed by atoms with E-state index in [0.29, 0.717) is 11.3 Å². The molecule has 0 aliphatic carbocycles. The van der Waals surface area contributed by atoms with E-state index in [0.717, 1.165) is 5.56 Å². The lowest BCUT2D eigenvalue weighted by Crippen LogP contribution is -2.27. The highest BCUT2D eigenvalue weighted by Crippen LogP contribution is 2.29. The van der Waals surface area contributed by atoms with Gasteiger partial charge in [-0.2, -0.15) is 0 Å². The third kappa shape index (κ3) is 4.13. The number of nitrogens with one attached hydrogen (secondary N) is 1. The van der Waals surface area contributed by atoms with Gasteiger partial charge in [-0.3, -0.25) is 0 Å². The summed E-state index contributed by atoms with van der Waals surface area (Å²) in [5, 5.41) is 0. The van der Waals surface area contributed by atoms with E-state index in [-0.39, 0.29) is 16.6 Å². The fourth-order valence-corrected chi connectivity index (χ4v) is 3.72. The largest absolute Gasteiger partial charge is 0.496 e. The van der Waals surface area contributed by atoms with Crippen LogP contribution in [0.1, 0.15) is 43.9 Å². The summed E-state index contributed by atoms with van der Waals surface area (Å²) in [4.78, 5) is 0.181. The van der Waals surface area contributed by atoms with E-state index in [4.69, 9.17) is 4.74 Å². The third-order valence-electron chi connectivity index (χ3n) is 3.84. The average molecular weight is 351 g/mol. The van der Waals surface area contributed by atoms with Crippen LogP contribution in [0.25, 0.3) is 0 Å². The summed E-state index contributed by atoms with van der Waals surface area (Å²) in [6.07, 6.45) is 0. The highest BCUT2D eigenvalue weighted by Gasteiger charge is 2.20. The van der Waals surface area contributed by atoms with E-state index in [2.05, 4.69) is 4.72 Å². The number of halogens is 1. The first kappa shape index (κ1) is 18.4. The minimum Gasteiger partial charge on any atom is -0.496 e. The topological polar surface area (TPSA) is 55.4 Å². The second kappa shape index (κ2) is 7.32. The Morgan fingerprint density at radius 3 is 2.21 bits per heavy atom. The molecule has 4 nitrogen and oxygen atoms in total. The van der Waals surface area contributed by atoms with Gasteiger partial charge in [0, 0.05) is 6.04 Å². The number of sulfonamides is 1. The fraction of sp³-hybridized carbons (Fsp3) is 0.333.